The molecule has 0 fully saturated rings. The van der Waals surface area contributed by atoms with Crippen LogP contribution in [0.5, 0.6) is 0 Å². The lowest BCUT2D eigenvalue weighted by Gasteiger charge is -2.14. The summed E-state index contributed by atoms with van der Waals surface area (Å²) in [5.41, 5.74) is 0. The highest BCUT2D eigenvalue weighted by atomic mass is 32.1. The van der Waals surface area contributed by atoms with Gasteiger partial charge in [-0.3, -0.25) is 4.79 Å². The van der Waals surface area contributed by atoms with Gasteiger partial charge in [-0.2, -0.15) is 12.6 Å². The summed E-state index contributed by atoms with van der Waals surface area (Å²) in [6.07, 6.45) is 2.76. The number of thiol groups is 1. The van der Waals surface area contributed by atoms with E-state index in [0.717, 1.165) is 25.1 Å². The first kappa shape index (κ1) is 10.8. The summed E-state index contributed by atoms with van der Waals surface area (Å²) in [7, 11) is 1.83. The topological polar surface area (TPSA) is 20.3 Å². The molecule has 11 heavy (non-hydrogen) atoms. The van der Waals surface area contributed by atoms with Gasteiger partial charge in [0.15, 0.2) is 0 Å². The summed E-state index contributed by atoms with van der Waals surface area (Å²) < 4.78 is 0. The van der Waals surface area contributed by atoms with Crippen LogP contribution >= 0.6 is 12.6 Å². The lowest BCUT2D eigenvalue weighted by molar-refractivity contribution is -0.129. The van der Waals surface area contributed by atoms with Crippen LogP contribution in [-0.2, 0) is 4.79 Å². The number of carbonyl (C=O) groups excluding carboxylic acids is 1. The van der Waals surface area contributed by atoms with Gasteiger partial charge in [-0.1, -0.05) is 13.3 Å². The average molecular weight is 175 g/mol. The third kappa shape index (κ3) is 5.13. The third-order valence-electron chi connectivity index (χ3n) is 1.61. The quantitative estimate of drug-likeness (QED) is 0.629. The fraction of sp³-hybridized carbons (Fsp3) is 0.875. The van der Waals surface area contributed by atoms with Gasteiger partial charge < -0.3 is 4.90 Å². The molecule has 0 atom stereocenters. The molecule has 0 aliphatic heterocycles. The van der Waals surface area contributed by atoms with E-state index in [1.165, 1.54) is 0 Å². The highest BCUT2D eigenvalue weighted by molar-refractivity contribution is 7.80. The van der Waals surface area contributed by atoms with E-state index in [4.69, 9.17) is 0 Å². The molecule has 0 saturated heterocycles. The normalized spacial score (nSPS) is 9.73. The Morgan fingerprint density at radius 2 is 2.18 bits per heavy atom. The maximum atomic E-state index is 11.2. The Bertz CT molecular complexity index is 117. The smallest absolute Gasteiger partial charge is 0.222 e. The van der Waals surface area contributed by atoms with Gasteiger partial charge in [0.25, 0.3) is 0 Å². The summed E-state index contributed by atoms with van der Waals surface area (Å²) in [5, 5.41) is 0. The van der Waals surface area contributed by atoms with Gasteiger partial charge in [0.2, 0.25) is 5.91 Å². The SMILES string of the molecule is CCCCC(=O)N(C)CCS. The number of unbranched alkanes of at least 4 members (excludes halogenated alkanes) is 1. The Morgan fingerprint density at radius 1 is 1.55 bits per heavy atom. The Hall–Kier alpha value is -0.180. The second-order valence-corrected chi connectivity index (χ2v) is 3.09. The number of nitrogens with zero attached hydrogens (tertiary/aromatic N) is 1. The van der Waals surface area contributed by atoms with Crippen LogP contribution in [0.3, 0.4) is 0 Å². The van der Waals surface area contributed by atoms with E-state index >= 15 is 0 Å². The van der Waals surface area contributed by atoms with Crippen molar-refractivity contribution in [1.82, 2.24) is 4.90 Å². The lowest BCUT2D eigenvalue weighted by atomic mass is 10.2. The van der Waals surface area contributed by atoms with Gasteiger partial charge in [0.05, 0.1) is 0 Å². The summed E-state index contributed by atoms with van der Waals surface area (Å²) in [6, 6.07) is 0. The van der Waals surface area contributed by atoms with Crippen LogP contribution in [-0.4, -0.2) is 30.2 Å². The molecule has 3 heteroatoms. The van der Waals surface area contributed by atoms with Gasteiger partial charge in [-0.05, 0) is 6.42 Å². The molecule has 0 aliphatic rings. The summed E-state index contributed by atoms with van der Waals surface area (Å²) in [6.45, 7) is 2.84. The van der Waals surface area contributed by atoms with Crippen molar-refractivity contribution in [1.29, 1.82) is 0 Å². The van der Waals surface area contributed by atoms with Crippen LogP contribution in [0.15, 0.2) is 0 Å². The van der Waals surface area contributed by atoms with Gasteiger partial charge in [-0.15, -0.1) is 0 Å². The van der Waals surface area contributed by atoms with Crippen LogP contribution in [0.25, 0.3) is 0 Å². The predicted octanol–water partition coefficient (Wildman–Crippen LogP) is 1.56. The fourth-order valence-electron chi connectivity index (χ4n) is 0.794. The zero-order valence-corrected chi connectivity index (χ0v) is 8.23. The second-order valence-electron chi connectivity index (χ2n) is 2.64. The van der Waals surface area contributed by atoms with Crippen molar-refractivity contribution in [2.75, 3.05) is 19.3 Å². The van der Waals surface area contributed by atoms with E-state index < -0.39 is 0 Å². The zero-order valence-electron chi connectivity index (χ0n) is 7.34. The van der Waals surface area contributed by atoms with Crippen LogP contribution < -0.4 is 0 Å². The summed E-state index contributed by atoms with van der Waals surface area (Å²) in [5.74, 6) is 0.981. The number of amides is 1. The molecule has 1 amide bonds. The first-order valence-electron chi connectivity index (χ1n) is 4.07. The molecule has 0 aromatic rings. The predicted molar refractivity (Wildman–Crippen MR) is 51.0 cm³/mol. The first-order valence-corrected chi connectivity index (χ1v) is 4.70. The van der Waals surface area contributed by atoms with Crippen LogP contribution in [0, 0.1) is 0 Å². The van der Waals surface area contributed by atoms with E-state index in [2.05, 4.69) is 19.6 Å². The van der Waals surface area contributed by atoms with Crippen LogP contribution in [0.2, 0.25) is 0 Å². The molecule has 0 aromatic carbocycles. The molecule has 0 bridgehead atoms. The largest absolute Gasteiger partial charge is 0.345 e. The molecule has 66 valence electrons. The molecular weight excluding hydrogens is 158 g/mol. The Morgan fingerprint density at radius 3 is 2.64 bits per heavy atom. The molecular formula is C8H17NOS. The maximum Gasteiger partial charge on any atom is 0.222 e. The monoisotopic (exact) mass is 175 g/mol. The molecule has 0 rings (SSSR count). The van der Waals surface area contributed by atoms with Crippen molar-refractivity contribution in [2.45, 2.75) is 26.2 Å². The molecule has 0 N–H and O–H groups in total. The Balaban J connectivity index is 3.47. The standard InChI is InChI=1S/C8H17NOS/c1-3-4-5-8(10)9(2)6-7-11/h11H,3-7H2,1-2H3. The van der Waals surface area contributed by atoms with E-state index in [0.29, 0.717) is 6.42 Å². The van der Waals surface area contributed by atoms with Crippen LogP contribution in [0.1, 0.15) is 26.2 Å². The summed E-state index contributed by atoms with van der Waals surface area (Å²) in [4.78, 5) is 12.9. The van der Waals surface area contributed by atoms with Gasteiger partial charge in [0, 0.05) is 25.8 Å². The molecule has 0 aromatic heterocycles. The molecule has 0 spiro atoms. The van der Waals surface area contributed by atoms with Crippen molar-refractivity contribution < 1.29 is 4.79 Å². The maximum absolute atomic E-state index is 11.2. The van der Waals surface area contributed by atoms with E-state index in [1.54, 1.807) is 4.90 Å². The highest BCUT2D eigenvalue weighted by Gasteiger charge is 2.05. The van der Waals surface area contributed by atoms with Crippen molar-refractivity contribution in [3.63, 3.8) is 0 Å². The number of carbonyl (C=O) groups is 1. The molecule has 0 heterocycles. The minimum Gasteiger partial charge on any atom is -0.345 e. The van der Waals surface area contributed by atoms with Crippen molar-refractivity contribution in [3.05, 3.63) is 0 Å². The van der Waals surface area contributed by atoms with Gasteiger partial charge in [0.1, 0.15) is 0 Å². The fourth-order valence-corrected chi connectivity index (χ4v) is 1.09. The minimum absolute atomic E-state index is 0.237. The average Bonchev–Trinajstić information content (AvgIpc) is 2.00. The van der Waals surface area contributed by atoms with Crippen molar-refractivity contribution in [3.8, 4) is 0 Å². The summed E-state index contributed by atoms with van der Waals surface area (Å²) >= 11 is 4.05. The molecule has 2 nitrogen and oxygen atoms in total. The van der Waals surface area contributed by atoms with Crippen LogP contribution in [0.4, 0.5) is 0 Å². The lowest BCUT2D eigenvalue weighted by Crippen LogP contribution is -2.28. The Labute approximate surface area is 74.4 Å². The number of rotatable bonds is 5. The van der Waals surface area contributed by atoms with Crippen molar-refractivity contribution >= 4 is 18.5 Å². The van der Waals surface area contributed by atoms with Gasteiger partial charge >= 0.3 is 0 Å². The second kappa shape index (κ2) is 6.53. The van der Waals surface area contributed by atoms with E-state index in [9.17, 15) is 4.79 Å². The zero-order chi connectivity index (χ0) is 8.69. The molecule has 0 aliphatic carbocycles. The van der Waals surface area contributed by atoms with E-state index in [-0.39, 0.29) is 5.91 Å². The van der Waals surface area contributed by atoms with Crippen molar-refractivity contribution in [2.24, 2.45) is 0 Å². The van der Waals surface area contributed by atoms with Gasteiger partial charge in [-0.25, -0.2) is 0 Å². The first-order chi connectivity index (χ1) is 5.22. The highest BCUT2D eigenvalue weighted by Crippen LogP contribution is 1.98. The molecule has 0 saturated carbocycles. The molecule has 0 unspecified atom stereocenters. The number of hydrogen-bond acceptors (Lipinski definition) is 2. The third-order valence-corrected chi connectivity index (χ3v) is 1.81. The Kier molecular flexibility index (Phi) is 6.42. The molecule has 0 radical (unpaired) electrons. The minimum atomic E-state index is 0.237. The van der Waals surface area contributed by atoms with E-state index in [1.807, 2.05) is 7.05 Å². The number of hydrogen-bond donors (Lipinski definition) is 1.